The highest BCUT2D eigenvalue weighted by Crippen LogP contribution is 2.32. The maximum absolute atomic E-state index is 5.40. The average Bonchev–Trinajstić information content (AvgIpc) is 3.27. The fraction of sp³-hybridized carbons (Fsp3) is 0.222. The molecule has 0 spiro atoms. The van der Waals surface area contributed by atoms with Crippen molar-refractivity contribution in [2.24, 2.45) is 4.99 Å². The average molecular weight is 544 g/mol. The van der Waals surface area contributed by atoms with Crippen LogP contribution in [-0.2, 0) is 13.1 Å². The molecule has 2 aromatic heterocycles. The number of benzene rings is 1. The summed E-state index contributed by atoms with van der Waals surface area (Å²) in [6.07, 6.45) is 3.98. The fourth-order valence-electron chi connectivity index (χ4n) is 2.73. The van der Waals surface area contributed by atoms with Crippen LogP contribution in [0.5, 0.6) is 11.5 Å². The second-order valence-electron chi connectivity index (χ2n) is 5.81. The van der Waals surface area contributed by atoms with Gasteiger partial charge in [0.1, 0.15) is 5.65 Å². The number of nitrogens with zero attached hydrogens (tertiary/aromatic N) is 3. The maximum atomic E-state index is 5.40. The van der Waals surface area contributed by atoms with Gasteiger partial charge < -0.3 is 24.5 Å². The number of guanidine groups is 1. The Kier molecular flexibility index (Phi) is 6.42. The van der Waals surface area contributed by atoms with E-state index in [4.69, 9.17) is 9.47 Å². The third-order valence-electron chi connectivity index (χ3n) is 4.02. The molecule has 7 nitrogen and oxygen atoms in total. The molecule has 0 amide bonds. The molecule has 0 fully saturated rings. The topological polar surface area (TPSA) is 72.2 Å². The number of pyridine rings is 1. The van der Waals surface area contributed by atoms with E-state index in [9.17, 15) is 0 Å². The Labute approximate surface area is 182 Å². The molecule has 0 aliphatic carbocycles. The predicted molar refractivity (Wildman–Crippen MR) is 118 cm³/mol. The number of hydrogen-bond acceptors (Lipinski definition) is 4. The van der Waals surface area contributed by atoms with Crippen molar-refractivity contribution in [2.45, 2.75) is 13.1 Å². The summed E-state index contributed by atoms with van der Waals surface area (Å²) in [5, 5.41) is 6.57. The van der Waals surface area contributed by atoms with E-state index in [2.05, 4.69) is 36.5 Å². The number of nitrogens with one attached hydrogen (secondary N) is 2. The first-order valence-electron chi connectivity index (χ1n) is 8.17. The lowest BCUT2D eigenvalue weighted by Crippen LogP contribution is -2.36. The Hall–Kier alpha value is -2.01. The minimum absolute atomic E-state index is 0. The SMILES string of the molecule is CN=C(NCc1ccc2c(c1)OCO2)NCc1cn2cc(Br)ccc2n1.I. The largest absolute Gasteiger partial charge is 0.454 e. The van der Waals surface area contributed by atoms with Crippen LogP contribution < -0.4 is 20.1 Å². The molecular weight excluding hydrogens is 525 g/mol. The summed E-state index contributed by atoms with van der Waals surface area (Å²) in [6.45, 7) is 1.50. The summed E-state index contributed by atoms with van der Waals surface area (Å²) in [5.41, 5.74) is 2.94. The minimum Gasteiger partial charge on any atom is -0.454 e. The molecule has 0 saturated carbocycles. The van der Waals surface area contributed by atoms with Gasteiger partial charge in [-0.15, -0.1) is 24.0 Å². The van der Waals surface area contributed by atoms with Crippen molar-refractivity contribution in [1.29, 1.82) is 0 Å². The lowest BCUT2D eigenvalue weighted by molar-refractivity contribution is 0.174. The summed E-state index contributed by atoms with van der Waals surface area (Å²) in [7, 11) is 1.75. The van der Waals surface area contributed by atoms with E-state index in [0.717, 1.165) is 32.9 Å². The van der Waals surface area contributed by atoms with Crippen molar-refractivity contribution in [2.75, 3.05) is 13.8 Å². The van der Waals surface area contributed by atoms with E-state index < -0.39 is 0 Å². The van der Waals surface area contributed by atoms with Crippen molar-refractivity contribution < 1.29 is 9.47 Å². The van der Waals surface area contributed by atoms with Gasteiger partial charge >= 0.3 is 0 Å². The van der Waals surface area contributed by atoms with Crippen molar-refractivity contribution in [3.63, 3.8) is 0 Å². The zero-order valence-electron chi connectivity index (χ0n) is 14.6. The molecular formula is C18H19BrIN5O2. The van der Waals surface area contributed by atoms with Gasteiger partial charge in [0.25, 0.3) is 0 Å². The number of rotatable bonds is 4. The summed E-state index contributed by atoms with van der Waals surface area (Å²) in [4.78, 5) is 8.84. The standard InChI is InChI=1S/C18H18BrN5O2.HI/c1-20-18(21-7-12-2-4-15-16(6-12)26-11-25-15)22-8-14-10-24-9-13(19)3-5-17(24)23-14;/h2-6,9-10H,7-8,11H2,1H3,(H2,20,21,22);1H. The number of imidazole rings is 1. The number of ether oxygens (including phenoxy) is 2. The molecule has 0 unspecified atom stereocenters. The minimum atomic E-state index is 0. The van der Waals surface area contributed by atoms with Crippen LogP contribution in [0.15, 0.2) is 52.2 Å². The monoisotopic (exact) mass is 543 g/mol. The van der Waals surface area contributed by atoms with E-state index in [0.29, 0.717) is 19.0 Å². The highest BCUT2D eigenvalue weighted by Gasteiger charge is 2.13. The van der Waals surface area contributed by atoms with Crippen molar-refractivity contribution in [1.82, 2.24) is 20.0 Å². The predicted octanol–water partition coefficient (Wildman–Crippen LogP) is 3.31. The quantitative estimate of drug-likeness (QED) is 0.300. The smallest absolute Gasteiger partial charge is 0.231 e. The van der Waals surface area contributed by atoms with Gasteiger partial charge in [0.05, 0.1) is 12.2 Å². The Morgan fingerprint density at radius 3 is 2.81 bits per heavy atom. The Morgan fingerprint density at radius 2 is 1.96 bits per heavy atom. The molecule has 0 radical (unpaired) electrons. The van der Waals surface area contributed by atoms with Crippen LogP contribution in [-0.4, -0.2) is 29.2 Å². The van der Waals surface area contributed by atoms with Gasteiger partial charge in [-0.1, -0.05) is 6.07 Å². The molecule has 1 aliphatic heterocycles. The first-order chi connectivity index (χ1) is 12.7. The van der Waals surface area contributed by atoms with Crippen LogP contribution in [0.2, 0.25) is 0 Å². The van der Waals surface area contributed by atoms with Crippen LogP contribution in [0.1, 0.15) is 11.3 Å². The molecule has 0 atom stereocenters. The Bertz CT molecular complexity index is 976. The molecule has 0 saturated heterocycles. The second kappa shape index (κ2) is 8.79. The zero-order valence-corrected chi connectivity index (χ0v) is 18.5. The molecule has 9 heteroatoms. The highest BCUT2D eigenvalue weighted by molar-refractivity contribution is 14.0. The molecule has 142 valence electrons. The summed E-state index contributed by atoms with van der Waals surface area (Å²) in [5.74, 6) is 2.28. The third-order valence-corrected chi connectivity index (χ3v) is 4.49. The zero-order chi connectivity index (χ0) is 17.9. The number of hydrogen-bond donors (Lipinski definition) is 2. The Balaban J connectivity index is 0.00000210. The van der Waals surface area contributed by atoms with Gasteiger partial charge in [0, 0.05) is 30.5 Å². The maximum Gasteiger partial charge on any atom is 0.231 e. The normalized spacial score (nSPS) is 12.7. The van der Waals surface area contributed by atoms with Crippen LogP contribution >= 0.6 is 39.9 Å². The highest BCUT2D eigenvalue weighted by atomic mass is 127. The third kappa shape index (κ3) is 4.64. The van der Waals surface area contributed by atoms with Gasteiger partial charge in [0.2, 0.25) is 6.79 Å². The van der Waals surface area contributed by atoms with E-state index in [1.807, 2.05) is 47.1 Å². The fourth-order valence-corrected chi connectivity index (χ4v) is 3.09. The summed E-state index contributed by atoms with van der Waals surface area (Å²) in [6, 6.07) is 9.85. The molecule has 3 aromatic rings. The van der Waals surface area contributed by atoms with Gasteiger partial charge in [-0.05, 0) is 45.8 Å². The van der Waals surface area contributed by atoms with Gasteiger partial charge in [-0.2, -0.15) is 0 Å². The van der Waals surface area contributed by atoms with Crippen LogP contribution in [0.25, 0.3) is 5.65 Å². The van der Waals surface area contributed by atoms with E-state index in [1.54, 1.807) is 7.05 Å². The number of halogens is 2. The van der Waals surface area contributed by atoms with Crippen molar-refractivity contribution >= 4 is 51.5 Å². The summed E-state index contributed by atoms with van der Waals surface area (Å²) >= 11 is 3.47. The lowest BCUT2D eigenvalue weighted by Gasteiger charge is -2.11. The summed E-state index contributed by atoms with van der Waals surface area (Å²) < 4.78 is 13.7. The molecule has 2 N–H and O–H groups in total. The van der Waals surface area contributed by atoms with Gasteiger partial charge in [-0.25, -0.2) is 4.98 Å². The Morgan fingerprint density at radius 1 is 1.15 bits per heavy atom. The molecule has 27 heavy (non-hydrogen) atoms. The lowest BCUT2D eigenvalue weighted by atomic mass is 10.2. The van der Waals surface area contributed by atoms with E-state index in [-0.39, 0.29) is 30.8 Å². The first-order valence-corrected chi connectivity index (χ1v) is 8.97. The van der Waals surface area contributed by atoms with E-state index >= 15 is 0 Å². The first kappa shape index (κ1) is 19.7. The molecule has 4 rings (SSSR count). The molecule has 0 bridgehead atoms. The number of aliphatic imine (C=N–C) groups is 1. The number of aromatic nitrogens is 2. The van der Waals surface area contributed by atoms with Gasteiger partial charge in [0.15, 0.2) is 17.5 Å². The van der Waals surface area contributed by atoms with Gasteiger partial charge in [-0.3, -0.25) is 4.99 Å². The molecule has 1 aromatic carbocycles. The van der Waals surface area contributed by atoms with Crippen LogP contribution in [0.4, 0.5) is 0 Å². The number of fused-ring (bicyclic) bond motifs is 2. The van der Waals surface area contributed by atoms with Crippen molar-refractivity contribution in [3.05, 3.63) is 58.5 Å². The van der Waals surface area contributed by atoms with E-state index in [1.165, 1.54) is 0 Å². The van der Waals surface area contributed by atoms with Crippen LogP contribution in [0.3, 0.4) is 0 Å². The van der Waals surface area contributed by atoms with Crippen LogP contribution in [0, 0.1) is 0 Å². The second-order valence-corrected chi connectivity index (χ2v) is 6.73. The van der Waals surface area contributed by atoms with Crippen molar-refractivity contribution in [3.8, 4) is 11.5 Å². The molecule has 1 aliphatic rings. The molecule has 3 heterocycles.